The summed E-state index contributed by atoms with van der Waals surface area (Å²) in [5.41, 5.74) is 0.933. The second-order valence-electron chi connectivity index (χ2n) is 12.8. The summed E-state index contributed by atoms with van der Waals surface area (Å²) in [5, 5.41) is 16.6. The molecule has 2 N–H and O–H groups in total. The number of carbonyl (C=O) groups excluding carboxylic acids is 2. The second-order valence-corrected chi connectivity index (χ2v) is 15.2. The Morgan fingerprint density at radius 2 is 1.61 bits per heavy atom. The molecule has 2 amide bonds. The molecule has 0 heterocycles. The number of nitrogens with zero attached hydrogens (tertiary/aromatic N) is 2. The Hall–Kier alpha value is -6.02. The van der Waals surface area contributed by atoms with Crippen LogP contribution in [-0.4, -0.2) is 51.3 Å². The van der Waals surface area contributed by atoms with Gasteiger partial charge in [-0.15, -0.1) is 0 Å². The fourth-order valence-corrected chi connectivity index (χ4v) is 6.80. The summed E-state index contributed by atoms with van der Waals surface area (Å²) in [6.07, 6.45) is 1.38. The summed E-state index contributed by atoms with van der Waals surface area (Å²) < 4.78 is 101. The number of ether oxygens (including phenoxy) is 2. The summed E-state index contributed by atoms with van der Waals surface area (Å²) in [5.74, 6) is -4.91. The number of alkyl halides is 2. The highest BCUT2D eigenvalue weighted by Gasteiger charge is 2.28. The van der Waals surface area contributed by atoms with Crippen molar-refractivity contribution in [3.8, 4) is 17.6 Å². The summed E-state index contributed by atoms with van der Waals surface area (Å²) in [6.45, 7) is 0.248. The smallest absolute Gasteiger partial charge is 0.412 e. The average Bonchev–Trinajstić information content (AvgIpc) is 4.01. The minimum absolute atomic E-state index is 0.0928. The molecule has 302 valence electrons. The van der Waals surface area contributed by atoms with Gasteiger partial charge in [-0.25, -0.2) is 26.4 Å². The number of halogens is 5. The summed E-state index contributed by atoms with van der Waals surface area (Å²) in [4.78, 5) is 29.5. The normalized spacial score (nSPS) is 13.6. The molecular formula is C40H39F5N4O7S. The first-order valence-corrected chi connectivity index (χ1v) is 19.3. The number of carbonyl (C=O) groups is 2. The highest BCUT2D eigenvalue weighted by Crippen LogP contribution is 2.30. The van der Waals surface area contributed by atoms with Crippen LogP contribution in [0.15, 0.2) is 96.2 Å². The van der Waals surface area contributed by atoms with Gasteiger partial charge < -0.3 is 24.9 Å². The van der Waals surface area contributed by atoms with E-state index in [4.69, 9.17) is 14.8 Å². The van der Waals surface area contributed by atoms with Crippen LogP contribution in [0.3, 0.4) is 0 Å². The van der Waals surface area contributed by atoms with Gasteiger partial charge in [-0.2, -0.15) is 14.0 Å². The van der Waals surface area contributed by atoms with Crippen LogP contribution in [0, 0.1) is 34.7 Å². The van der Waals surface area contributed by atoms with Gasteiger partial charge in [-0.05, 0) is 91.8 Å². The van der Waals surface area contributed by atoms with Crippen LogP contribution in [0.4, 0.5) is 26.7 Å². The molecule has 0 aliphatic heterocycles. The van der Waals surface area contributed by atoms with E-state index in [9.17, 15) is 40.0 Å². The maximum atomic E-state index is 14.5. The van der Waals surface area contributed by atoms with E-state index < -0.39 is 74.3 Å². The monoisotopic (exact) mass is 814 g/mol. The Kier molecular flexibility index (Phi) is 15.9. The Labute approximate surface area is 326 Å². The van der Waals surface area contributed by atoms with E-state index in [-0.39, 0.29) is 30.4 Å². The highest BCUT2D eigenvalue weighted by atomic mass is 32.2. The van der Waals surface area contributed by atoms with Gasteiger partial charge in [0.15, 0.2) is 27.3 Å². The molecule has 0 radical (unpaired) electrons. The van der Waals surface area contributed by atoms with Crippen molar-refractivity contribution in [2.75, 3.05) is 12.4 Å². The zero-order valence-electron chi connectivity index (χ0n) is 30.8. The van der Waals surface area contributed by atoms with Gasteiger partial charge in [0.05, 0.1) is 29.1 Å². The first-order chi connectivity index (χ1) is 27.2. The molecule has 1 aliphatic carbocycles. The molecule has 17 heteroatoms. The fraction of sp³-hybridized carbons (Fsp3) is 0.300. The first-order valence-electron chi connectivity index (χ1n) is 17.6. The third-order valence-electron chi connectivity index (χ3n) is 8.46. The number of amidine groups is 1. The van der Waals surface area contributed by atoms with E-state index in [1.807, 2.05) is 6.07 Å². The molecule has 2 unspecified atom stereocenters. The number of amides is 2. The Morgan fingerprint density at radius 3 is 2.21 bits per heavy atom. The number of nitrogens with one attached hydrogen (secondary N) is 2. The van der Waals surface area contributed by atoms with Crippen molar-refractivity contribution in [3.63, 3.8) is 0 Å². The van der Waals surface area contributed by atoms with E-state index in [2.05, 4.69) is 20.5 Å². The number of hydrogen-bond donors (Lipinski definition) is 2. The van der Waals surface area contributed by atoms with Crippen LogP contribution in [0.1, 0.15) is 60.6 Å². The molecule has 0 bridgehead atoms. The van der Waals surface area contributed by atoms with Crippen molar-refractivity contribution < 1.29 is 54.3 Å². The van der Waals surface area contributed by atoms with E-state index in [1.165, 1.54) is 12.1 Å². The number of benzene rings is 4. The summed E-state index contributed by atoms with van der Waals surface area (Å²) in [7, 11) is -3.57. The van der Waals surface area contributed by atoms with Crippen molar-refractivity contribution in [1.29, 1.82) is 5.26 Å². The lowest BCUT2D eigenvalue weighted by molar-refractivity contribution is -0.119. The summed E-state index contributed by atoms with van der Waals surface area (Å²) in [6, 6.07) is 22.7. The molecule has 5 rings (SSSR count). The second kappa shape index (κ2) is 20.8. The van der Waals surface area contributed by atoms with Gasteiger partial charge in [0, 0.05) is 6.04 Å². The Balaban J connectivity index is 0.000000253. The van der Waals surface area contributed by atoms with Crippen LogP contribution in [0.25, 0.3) is 0 Å². The lowest BCUT2D eigenvalue weighted by Crippen LogP contribution is -2.41. The molecule has 11 nitrogen and oxygen atoms in total. The molecule has 0 saturated heterocycles. The standard InChI is InChI=1S/C20H18F4N2O3.C20H21FN2O4S/c21-14-8-9-15(29-20(23)24)17(18(14)22)19(26-28-11-13-6-7-13)25-16(27)10-12-4-2-1-3-5-12;1-3-18(23-20(24)27-19-10-8-17(21)9-11-19)13-28(25,26)14(2)16-6-4-15(12-22)5-7-16/h1-5,8-9,13,20H,6-7,10-11H2,(H,25,26,27);4-11,14,18H,3,13H2,1-2H3,(H,23,24). The van der Waals surface area contributed by atoms with Crippen molar-refractivity contribution in [2.24, 2.45) is 11.1 Å². The maximum Gasteiger partial charge on any atom is 0.412 e. The van der Waals surface area contributed by atoms with Gasteiger partial charge in [0.1, 0.15) is 29.5 Å². The largest absolute Gasteiger partial charge is 0.434 e. The van der Waals surface area contributed by atoms with Crippen molar-refractivity contribution in [3.05, 3.63) is 131 Å². The Morgan fingerprint density at radius 1 is 0.947 bits per heavy atom. The minimum Gasteiger partial charge on any atom is -0.434 e. The van der Waals surface area contributed by atoms with E-state index in [1.54, 1.807) is 68.4 Å². The molecule has 0 aromatic heterocycles. The van der Waals surface area contributed by atoms with Crippen LogP contribution in [0.5, 0.6) is 11.5 Å². The topological polar surface area (TPSA) is 156 Å². The van der Waals surface area contributed by atoms with Crippen LogP contribution in [-0.2, 0) is 25.9 Å². The van der Waals surface area contributed by atoms with Gasteiger partial charge in [0.2, 0.25) is 5.91 Å². The zero-order valence-corrected chi connectivity index (χ0v) is 31.6. The third-order valence-corrected chi connectivity index (χ3v) is 10.7. The maximum absolute atomic E-state index is 14.5. The highest BCUT2D eigenvalue weighted by molar-refractivity contribution is 7.91. The molecule has 4 aromatic rings. The van der Waals surface area contributed by atoms with Crippen molar-refractivity contribution >= 4 is 27.7 Å². The lowest BCUT2D eigenvalue weighted by atomic mass is 10.1. The minimum atomic E-state index is -3.57. The predicted octanol–water partition coefficient (Wildman–Crippen LogP) is 7.75. The van der Waals surface area contributed by atoms with Crippen LogP contribution < -0.4 is 20.1 Å². The molecule has 57 heavy (non-hydrogen) atoms. The average molecular weight is 815 g/mol. The molecule has 1 fully saturated rings. The van der Waals surface area contributed by atoms with Gasteiger partial charge in [0.25, 0.3) is 0 Å². The number of sulfone groups is 1. The zero-order chi connectivity index (χ0) is 41.5. The number of rotatable bonds is 15. The number of oxime groups is 1. The van der Waals surface area contributed by atoms with E-state index >= 15 is 0 Å². The van der Waals surface area contributed by atoms with Gasteiger partial charge in [-0.3, -0.25) is 4.79 Å². The molecule has 1 aliphatic rings. The number of hydrogen-bond acceptors (Lipinski definition) is 9. The SMILES string of the molecule is CCC(CS(=O)(=O)C(C)c1ccc(C#N)cc1)NC(=O)Oc1ccc(F)cc1.O=C(Cc1ccccc1)NC(=NOCC1CC1)c1c(OC(F)F)ccc(F)c1F. The molecule has 0 spiro atoms. The third kappa shape index (κ3) is 13.9. The van der Waals surface area contributed by atoms with Crippen LogP contribution in [0.2, 0.25) is 0 Å². The molecule has 4 aromatic carbocycles. The molecule has 2 atom stereocenters. The predicted molar refractivity (Wildman–Crippen MR) is 199 cm³/mol. The van der Waals surface area contributed by atoms with Crippen molar-refractivity contribution in [2.45, 2.75) is 57.4 Å². The summed E-state index contributed by atoms with van der Waals surface area (Å²) >= 11 is 0. The first kappa shape index (κ1) is 43.7. The lowest BCUT2D eigenvalue weighted by Gasteiger charge is -2.20. The van der Waals surface area contributed by atoms with Gasteiger partial charge in [-0.1, -0.05) is 54.5 Å². The van der Waals surface area contributed by atoms with Crippen molar-refractivity contribution in [1.82, 2.24) is 10.6 Å². The Bertz CT molecular complexity index is 2150. The van der Waals surface area contributed by atoms with E-state index in [0.717, 1.165) is 31.0 Å². The van der Waals surface area contributed by atoms with Gasteiger partial charge >= 0.3 is 12.7 Å². The molecular weight excluding hydrogens is 776 g/mol. The number of nitriles is 1. The quantitative estimate of drug-likeness (QED) is 0.0534. The van der Waals surface area contributed by atoms with E-state index in [0.29, 0.717) is 29.2 Å². The molecule has 1 saturated carbocycles. The van der Waals surface area contributed by atoms with Crippen LogP contribution >= 0.6 is 0 Å². The fourth-order valence-electron chi connectivity index (χ4n) is 5.06.